The first-order chi connectivity index (χ1) is 24.1. The van der Waals surface area contributed by atoms with Gasteiger partial charge < -0.3 is 30.6 Å². The minimum atomic E-state index is -1.27. The summed E-state index contributed by atoms with van der Waals surface area (Å²) in [5.41, 5.74) is 2.08. The van der Waals surface area contributed by atoms with Gasteiger partial charge in [-0.15, -0.1) is 24.7 Å². The number of aliphatic hydroxyl groups is 2. The second kappa shape index (κ2) is 21.8. The smallest absolute Gasteiger partial charge is 0.242 e. The van der Waals surface area contributed by atoms with E-state index in [4.69, 9.17) is 12.8 Å². The number of nitrogens with zero attached hydrogens (tertiary/aromatic N) is 2. The van der Waals surface area contributed by atoms with Crippen molar-refractivity contribution in [3.8, 4) is 24.7 Å². The molecule has 9 nitrogen and oxygen atoms in total. The molecule has 0 heterocycles. The molecule has 1 aliphatic rings. The van der Waals surface area contributed by atoms with Crippen molar-refractivity contribution in [1.82, 2.24) is 20.4 Å². The maximum atomic E-state index is 13.9. The third kappa shape index (κ3) is 14.0. The summed E-state index contributed by atoms with van der Waals surface area (Å²) in [5, 5.41) is 27.4. The molecule has 5 unspecified atom stereocenters. The van der Waals surface area contributed by atoms with Gasteiger partial charge in [-0.3, -0.25) is 14.4 Å². The Morgan fingerprint density at radius 3 is 2.12 bits per heavy atom. The van der Waals surface area contributed by atoms with Gasteiger partial charge in [0.15, 0.2) is 0 Å². The number of hydrogen-bond acceptors (Lipinski definition) is 6. The molecule has 0 aromatic heterocycles. The Bertz CT molecular complexity index is 1400. The fourth-order valence-corrected chi connectivity index (χ4v) is 6.59. The first kappa shape index (κ1) is 40.3. The lowest BCUT2D eigenvalue weighted by molar-refractivity contribution is -0.137. The van der Waals surface area contributed by atoms with Gasteiger partial charge in [-0.25, -0.2) is 0 Å². The molecule has 3 rings (SSSR count). The number of rotatable bonds is 20. The van der Waals surface area contributed by atoms with E-state index in [1.165, 1.54) is 5.56 Å². The molecule has 1 saturated carbocycles. The molecule has 3 amide bonds. The van der Waals surface area contributed by atoms with Crippen molar-refractivity contribution in [2.75, 3.05) is 27.2 Å². The van der Waals surface area contributed by atoms with Crippen LogP contribution in [0.5, 0.6) is 0 Å². The highest BCUT2D eigenvalue weighted by Crippen LogP contribution is 2.29. The zero-order valence-corrected chi connectivity index (χ0v) is 29.8. The summed E-state index contributed by atoms with van der Waals surface area (Å²) < 4.78 is 0. The Morgan fingerprint density at radius 1 is 0.860 bits per heavy atom. The maximum absolute atomic E-state index is 13.9. The number of hydrogen-bond donors (Lipinski definition) is 4. The lowest BCUT2D eigenvalue weighted by Crippen LogP contribution is -2.56. The zero-order chi connectivity index (χ0) is 36.3. The van der Waals surface area contributed by atoms with Crippen molar-refractivity contribution < 1.29 is 24.6 Å². The normalized spacial score (nSPS) is 16.2. The minimum absolute atomic E-state index is 0.0373. The Hall–Kier alpha value is -4.15. The van der Waals surface area contributed by atoms with Crippen LogP contribution in [0.1, 0.15) is 75.3 Å². The number of benzene rings is 2. The maximum Gasteiger partial charge on any atom is 0.242 e. The Balaban J connectivity index is 1.72. The molecule has 0 saturated heterocycles. The van der Waals surface area contributed by atoms with Crippen LogP contribution < -0.4 is 10.6 Å². The molecule has 1 aliphatic carbocycles. The monoisotopic (exact) mass is 684 g/mol. The molecule has 9 heteroatoms. The van der Waals surface area contributed by atoms with Crippen molar-refractivity contribution in [3.05, 3.63) is 71.8 Å². The third-order valence-corrected chi connectivity index (χ3v) is 9.64. The molecule has 1 fully saturated rings. The molecule has 0 radical (unpaired) electrons. The van der Waals surface area contributed by atoms with E-state index in [9.17, 15) is 24.6 Å². The van der Waals surface area contributed by atoms with Crippen molar-refractivity contribution in [1.29, 1.82) is 0 Å². The SMILES string of the molecule is C#CCCC(NC(=O)C(CC(=O)N(C)CCN(C)Cc1ccccc1)Cc1ccccc1)C(=O)NC(CC1CCCCC1)C(O)C(O)CC#C. The minimum Gasteiger partial charge on any atom is -0.389 e. The van der Waals surface area contributed by atoms with Crippen molar-refractivity contribution in [3.63, 3.8) is 0 Å². The molecule has 2 aromatic carbocycles. The third-order valence-electron chi connectivity index (χ3n) is 9.64. The van der Waals surface area contributed by atoms with E-state index in [1.54, 1.807) is 11.9 Å². The van der Waals surface area contributed by atoms with E-state index >= 15 is 0 Å². The number of aliphatic hydroxyl groups excluding tert-OH is 2. The summed E-state index contributed by atoms with van der Waals surface area (Å²) in [6, 6.07) is 17.8. The van der Waals surface area contributed by atoms with Crippen molar-refractivity contribution in [2.45, 2.75) is 101 Å². The fraction of sp³-hybridized carbons (Fsp3) is 0.537. The molecule has 270 valence electrons. The lowest BCUT2D eigenvalue weighted by atomic mass is 9.82. The van der Waals surface area contributed by atoms with Gasteiger partial charge in [0.1, 0.15) is 12.1 Å². The average Bonchev–Trinajstić information content (AvgIpc) is 3.12. The van der Waals surface area contributed by atoms with E-state index in [0.29, 0.717) is 25.9 Å². The summed E-state index contributed by atoms with van der Waals surface area (Å²) in [4.78, 5) is 45.0. The van der Waals surface area contributed by atoms with Gasteiger partial charge in [0.05, 0.1) is 18.1 Å². The van der Waals surface area contributed by atoms with E-state index in [0.717, 1.165) is 44.2 Å². The molecule has 0 aliphatic heterocycles. The number of carbonyl (C=O) groups excluding carboxylic acids is 3. The Labute approximate surface area is 299 Å². The number of likely N-dealkylation sites (N-methyl/N-ethyl adjacent to an activating group) is 2. The molecular formula is C41H56N4O5. The highest BCUT2D eigenvalue weighted by atomic mass is 16.3. The molecule has 0 spiro atoms. The summed E-state index contributed by atoms with van der Waals surface area (Å²) >= 11 is 0. The number of amides is 3. The quantitative estimate of drug-likeness (QED) is 0.157. The van der Waals surface area contributed by atoms with Crippen LogP contribution in [0.2, 0.25) is 0 Å². The van der Waals surface area contributed by atoms with Crippen LogP contribution >= 0.6 is 0 Å². The van der Waals surface area contributed by atoms with Crippen molar-refractivity contribution >= 4 is 17.7 Å². The summed E-state index contributed by atoms with van der Waals surface area (Å²) in [6.07, 6.45) is 14.9. The summed E-state index contributed by atoms with van der Waals surface area (Å²) in [7, 11) is 3.75. The lowest BCUT2D eigenvalue weighted by Gasteiger charge is -2.33. The second-order valence-electron chi connectivity index (χ2n) is 13.8. The van der Waals surface area contributed by atoms with Crippen LogP contribution in [-0.2, 0) is 27.3 Å². The second-order valence-corrected chi connectivity index (χ2v) is 13.8. The van der Waals surface area contributed by atoms with Gasteiger partial charge in [-0.05, 0) is 43.4 Å². The molecule has 4 N–H and O–H groups in total. The molecule has 50 heavy (non-hydrogen) atoms. The van der Waals surface area contributed by atoms with Crippen molar-refractivity contribution in [2.24, 2.45) is 11.8 Å². The fourth-order valence-electron chi connectivity index (χ4n) is 6.59. The van der Waals surface area contributed by atoms with Crippen LogP contribution in [0, 0.1) is 36.5 Å². The van der Waals surface area contributed by atoms with Gasteiger partial charge in [0, 0.05) is 45.9 Å². The van der Waals surface area contributed by atoms with E-state index in [2.05, 4.69) is 39.5 Å². The van der Waals surface area contributed by atoms with Gasteiger partial charge >= 0.3 is 0 Å². The van der Waals surface area contributed by atoms with E-state index in [-0.39, 0.29) is 37.5 Å². The van der Waals surface area contributed by atoms with E-state index in [1.807, 2.05) is 55.6 Å². The van der Waals surface area contributed by atoms with Gasteiger partial charge in [0.25, 0.3) is 0 Å². The van der Waals surface area contributed by atoms with Crippen LogP contribution in [0.15, 0.2) is 60.7 Å². The number of carbonyl (C=O) groups is 3. The largest absolute Gasteiger partial charge is 0.389 e. The van der Waals surface area contributed by atoms with Crippen LogP contribution in [0.3, 0.4) is 0 Å². The van der Waals surface area contributed by atoms with Gasteiger partial charge in [-0.1, -0.05) is 92.8 Å². The van der Waals surface area contributed by atoms with Crippen LogP contribution in [0.4, 0.5) is 0 Å². The topological polar surface area (TPSA) is 122 Å². The first-order valence-electron chi connectivity index (χ1n) is 17.9. The predicted molar refractivity (Wildman–Crippen MR) is 197 cm³/mol. The van der Waals surface area contributed by atoms with Gasteiger partial charge in [-0.2, -0.15) is 0 Å². The van der Waals surface area contributed by atoms with E-state index < -0.39 is 42.0 Å². The Kier molecular flexibility index (Phi) is 17.6. The van der Waals surface area contributed by atoms with Crippen LogP contribution in [0.25, 0.3) is 0 Å². The molecule has 0 bridgehead atoms. The molecule has 5 atom stereocenters. The summed E-state index contributed by atoms with van der Waals surface area (Å²) in [6.45, 7) is 1.90. The zero-order valence-electron chi connectivity index (χ0n) is 29.8. The standard InChI is InChI=1S/C41H56N4O5/c1-5-7-24-35(41(50)43-36(39(48)37(46)17-6-2)28-32-20-13-9-14-21-32)42-40(49)34(27-31-18-11-8-12-19-31)29-38(47)45(4)26-25-44(3)30-33-22-15-10-16-23-33/h1-2,8,10-12,15-16,18-19,22-23,32,34-37,39,46,48H,7,9,13-14,17,20-21,24-30H2,3-4H3,(H,42,49)(H,43,50). The molecular weight excluding hydrogens is 628 g/mol. The number of nitrogens with one attached hydrogen (secondary N) is 2. The highest BCUT2D eigenvalue weighted by Gasteiger charge is 2.34. The van der Waals surface area contributed by atoms with Gasteiger partial charge in [0.2, 0.25) is 17.7 Å². The first-order valence-corrected chi connectivity index (χ1v) is 17.9. The predicted octanol–water partition coefficient (Wildman–Crippen LogP) is 3.92. The summed E-state index contributed by atoms with van der Waals surface area (Å²) in [5.74, 6) is 3.39. The molecule has 2 aromatic rings. The Morgan fingerprint density at radius 2 is 1.50 bits per heavy atom. The average molecular weight is 685 g/mol. The highest BCUT2D eigenvalue weighted by molar-refractivity contribution is 5.91. The van der Waals surface area contributed by atoms with Crippen LogP contribution in [-0.4, -0.2) is 89.2 Å². The number of terminal acetylenes is 2.